The highest BCUT2D eigenvalue weighted by Gasteiger charge is 2.52. The molecule has 1 aliphatic carbocycles. The number of nitrogens with one attached hydrogen (secondary N) is 1. The maximum atomic E-state index is 12.5. The highest BCUT2D eigenvalue weighted by atomic mass is 127. The standard InChI is InChI=1S/C15H15IN2O3/c16-11-5-3-10(4-6-11)12(19)9-18-13(20)15(17-14(18)21)7-1-2-8-15/h3-6H,1-2,7-9H2,(H,17,21). The van der Waals surface area contributed by atoms with E-state index in [1.54, 1.807) is 12.1 Å². The Labute approximate surface area is 136 Å². The number of halogens is 1. The molecule has 1 saturated heterocycles. The van der Waals surface area contributed by atoms with Crippen LogP contribution in [0.25, 0.3) is 0 Å². The van der Waals surface area contributed by atoms with Crippen LogP contribution in [-0.4, -0.2) is 34.7 Å². The predicted molar refractivity (Wildman–Crippen MR) is 84.9 cm³/mol. The van der Waals surface area contributed by atoms with E-state index in [1.807, 2.05) is 12.1 Å². The van der Waals surface area contributed by atoms with Crippen LogP contribution in [0, 0.1) is 3.57 Å². The number of benzene rings is 1. The summed E-state index contributed by atoms with van der Waals surface area (Å²) in [6.07, 6.45) is 3.22. The number of carbonyl (C=O) groups excluding carboxylic acids is 3. The summed E-state index contributed by atoms with van der Waals surface area (Å²) in [6, 6.07) is 6.65. The molecule has 1 N–H and O–H groups in total. The van der Waals surface area contributed by atoms with E-state index in [0.29, 0.717) is 18.4 Å². The Balaban J connectivity index is 1.75. The van der Waals surface area contributed by atoms with E-state index in [4.69, 9.17) is 0 Å². The largest absolute Gasteiger partial charge is 0.325 e. The SMILES string of the molecule is O=C(CN1C(=O)NC2(CCCC2)C1=O)c1ccc(I)cc1. The summed E-state index contributed by atoms with van der Waals surface area (Å²) >= 11 is 2.16. The quantitative estimate of drug-likeness (QED) is 0.483. The molecule has 3 rings (SSSR count). The number of rotatable bonds is 3. The summed E-state index contributed by atoms with van der Waals surface area (Å²) in [4.78, 5) is 37.7. The molecule has 3 amide bonds. The van der Waals surface area contributed by atoms with Crippen molar-refractivity contribution in [2.75, 3.05) is 6.54 Å². The highest BCUT2D eigenvalue weighted by molar-refractivity contribution is 14.1. The van der Waals surface area contributed by atoms with Gasteiger partial charge in [0.1, 0.15) is 5.54 Å². The van der Waals surface area contributed by atoms with E-state index < -0.39 is 11.6 Å². The van der Waals surface area contributed by atoms with Gasteiger partial charge in [-0.25, -0.2) is 4.79 Å². The van der Waals surface area contributed by atoms with Gasteiger partial charge in [-0.3, -0.25) is 14.5 Å². The number of hydrogen-bond acceptors (Lipinski definition) is 3. The molecule has 110 valence electrons. The minimum Gasteiger partial charge on any atom is -0.323 e. The van der Waals surface area contributed by atoms with Crippen molar-refractivity contribution in [2.24, 2.45) is 0 Å². The zero-order valence-electron chi connectivity index (χ0n) is 11.4. The van der Waals surface area contributed by atoms with Gasteiger partial charge < -0.3 is 5.32 Å². The number of Topliss-reactive ketones (excluding diaryl/α,β-unsaturated/α-hetero) is 1. The van der Waals surface area contributed by atoms with Gasteiger partial charge in [0.15, 0.2) is 5.78 Å². The van der Waals surface area contributed by atoms with Crippen LogP contribution in [0.4, 0.5) is 4.79 Å². The van der Waals surface area contributed by atoms with Gasteiger partial charge in [-0.05, 0) is 47.6 Å². The van der Waals surface area contributed by atoms with E-state index in [1.165, 1.54) is 0 Å². The van der Waals surface area contributed by atoms with Crippen molar-refractivity contribution >= 4 is 40.3 Å². The monoisotopic (exact) mass is 398 g/mol. The molecule has 0 bridgehead atoms. The highest BCUT2D eigenvalue weighted by Crippen LogP contribution is 2.35. The second-order valence-electron chi connectivity index (χ2n) is 5.54. The molecule has 1 aliphatic heterocycles. The van der Waals surface area contributed by atoms with Crippen LogP contribution in [0.1, 0.15) is 36.0 Å². The molecule has 0 atom stereocenters. The average Bonchev–Trinajstić information content (AvgIpc) is 3.01. The molecule has 21 heavy (non-hydrogen) atoms. The Bertz CT molecular complexity index is 606. The van der Waals surface area contributed by atoms with Crippen molar-refractivity contribution in [1.82, 2.24) is 10.2 Å². The summed E-state index contributed by atoms with van der Waals surface area (Å²) in [7, 11) is 0. The molecule has 2 aliphatic rings. The number of hydrogen-bond donors (Lipinski definition) is 1. The number of amides is 3. The molecule has 2 fully saturated rings. The van der Waals surface area contributed by atoms with Crippen molar-refractivity contribution in [3.05, 3.63) is 33.4 Å². The van der Waals surface area contributed by atoms with Gasteiger partial charge in [-0.15, -0.1) is 0 Å². The second kappa shape index (κ2) is 5.40. The smallest absolute Gasteiger partial charge is 0.323 e. The molecule has 5 nitrogen and oxygen atoms in total. The van der Waals surface area contributed by atoms with Crippen LogP contribution in [0.5, 0.6) is 0 Å². The van der Waals surface area contributed by atoms with Crippen molar-refractivity contribution in [3.63, 3.8) is 0 Å². The first-order chi connectivity index (χ1) is 10.0. The molecule has 0 unspecified atom stereocenters. The maximum absolute atomic E-state index is 12.5. The van der Waals surface area contributed by atoms with Gasteiger partial charge in [0.25, 0.3) is 5.91 Å². The normalized spacial score (nSPS) is 20.1. The molecule has 1 spiro atoms. The van der Waals surface area contributed by atoms with Crippen LogP contribution in [0.15, 0.2) is 24.3 Å². The Morgan fingerprint density at radius 3 is 2.43 bits per heavy atom. The fourth-order valence-corrected chi connectivity index (χ4v) is 3.37. The maximum Gasteiger partial charge on any atom is 0.325 e. The molecule has 1 aromatic rings. The summed E-state index contributed by atoms with van der Waals surface area (Å²) in [5.74, 6) is -0.464. The number of carbonyl (C=O) groups is 3. The van der Waals surface area contributed by atoms with Gasteiger partial charge in [0.2, 0.25) is 0 Å². The first kappa shape index (κ1) is 14.5. The van der Waals surface area contributed by atoms with Crippen LogP contribution in [-0.2, 0) is 4.79 Å². The molecule has 0 aromatic heterocycles. The molecule has 0 radical (unpaired) electrons. The lowest BCUT2D eigenvalue weighted by atomic mass is 9.98. The Hall–Kier alpha value is -1.44. The zero-order chi connectivity index (χ0) is 15.0. The average molecular weight is 398 g/mol. The number of imide groups is 1. The third-order valence-electron chi connectivity index (χ3n) is 4.17. The van der Waals surface area contributed by atoms with Gasteiger partial charge in [0, 0.05) is 9.13 Å². The lowest BCUT2D eigenvalue weighted by Crippen LogP contribution is -2.44. The predicted octanol–water partition coefficient (Wildman–Crippen LogP) is 2.34. The molecule has 6 heteroatoms. The zero-order valence-corrected chi connectivity index (χ0v) is 13.6. The third-order valence-corrected chi connectivity index (χ3v) is 4.89. The van der Waals surface area contributed by atoms with E-state index in [2.05, 4.69) is 27.9 Å². The molecule has 1 saturated carbocycles. The fourth-order valence-electron chi connectivity index (χ4n) is 3.01. The van der Waals surface area contributed by atoms with E-state index in [-0.39, 0.29) is 18.2 Å². The number of urea groups is 1. The van der Waals surface area contributed by atoms with Crippen molar-refractivity contribution < 1.29 is 14.4 Å². The number of nitrogens with zero attached hydrogens (tertiary/aromatic N) is 1. The van der Waals surface area contributed by atoms with Crippen LogP contribution in [0.2, 0.25) is 0 Å². The van der Waals surface area contributed by atoms with E-state index in [0.717, 1.165) is 21.3 Å². The molecule has 1 heterocycles. The van der Waals surface area contributed by atoms with E-state index >= 15 is 0 Å². The molecular weight excluding hydrogens is 383 g/mol. The van der Waals surface area contributed by atoms with Crippen LogP contribution < -0.4 is 5.32 Å². The first-order valence-electron chi connectivity index (χ1n) is 6.95. The van der Waals surface area contributed by atoms with Crippen LogP contribution >= 0.6 is 22.6 Å². The third kappa shape index (κ3) is 2.56. The second-order valence-corrected chi connectivity index (χ2v) is 6.79. The lowest BCUT2D eigenvalue weighted by molar-refractivity contribution is -0.130. The summed E-state index contributed by atoms with van der Waals surface area (Å²) in [5, 5.41) is 2.78. The number of ketones is 1. The van der Waals surface area contributed by atoms with Crippen molar-refractivity contribution in [3.8, 4) is 0 Å². The van der Waals surface area contributed by atoms with Crippen molar-refractivity contribution in [2.45, 2.75) is 31.2 Å². The topological polar surface area (TPSA) is 66.5 Å². The first-order valence-corrected chi connectivity index (χ1v) is 8.03. The minimum absolute atomic E-state index is 0.187. The summed E-state index contributed by atoms with van der Waals surface area (Å²) in [5.41, 5.74) is -0.230. The minimum atomic E-state index is -0.747. The fraction of sp³-hybridized carbons (Fsp3) is 0.400. The van der Waals surface area contributed by atoms with Crippen LogP contribution in [0.3, 0.4) is 0 Å². The van der Waals surface area contributed by atoms with Gasteiger partial charge in [0.05, 0.1) is 6.54 Å². The van der Waals surface area contributed by atoms with Crippen molar-refractivity contribution in [1.29, 1.82) is 0 Å². The Morgan fingerprint density at radius 2 is 1.81 bits per heavy atom. The van der Waals surface area contributed by atoms with E-state index in [9.17, 15) is 14.4 Å². The molecule has 1 aromatic carbocycles. The van der Waals surface area contributed by atoms with Gasteiger partial charge in [-0.2, -0.15) is 0 Å². The van der Waals surface area contributed by atoms with Gasteiger partial charge >= 0.3 is 6.03 Å². The molecular formula is C15H15IN2O3. The lowest BCUT2D eigenvalue weighted by Gasteiger charge is -2.19. The Kier molecular flexibility index (Phi) is 3.73. The Morgan fingerprint density at radius 1 is 1.19 bits per heavy atom. The summed E-state index contributed by atoms with van der Waals surface area (Å²) < 4.78 is 1.03. The van der Waals surface area contributed by atoms with Gasteiger partial charge in [-0.1, -0.05) is 25.0 Å². The summed E-state index contributed by atoms with van der Waals surface area (Å²) in [6.45, 7) is -0.187.